The van der Waals surface area contributed by atoms with Gasteiger partial charge in [0.2, 0.25) is 0 Å². The Hall–Kier alpha value is -1.97. The Kier molecular flexibility index (Phi) is 6.31. The van der Waals surface area contributed by atoms with Crippen molar-refractivity contribution in [2.75, 3.05) is 6.61 Å². The van der Waals surface area contributed by atoms with Crippen LogP contribution >= 0.6 is 0 Å². The molecule has 0 bridgehead atoms. The first-order valence-corrected chi connectivity index (χ1v) is 7.51. The lowest BCUT2D eigenvalue weighted by Gasteiger charge is -2.20. The molecule has 2 aromatic carbocycles. The second kappa shape index (κ2) is 8.47. The molecule has 0 radical (unpaired) electrons. The van der Waals surface area contributed by atoms with Gasteiger partial charge in [0.05, 0.1) is 19.3 Å². The van der Waals surface area contributed by atoms with Gasteiger partial charge in [0.25, 0.3) is 0 Å². The molecule has 2 atom stereocenters. The van der Waals surface area contributed by atoms with Crippen LogP contribution in [-0.2, 0) is 22.6 Å². The van der Waals surface area contributed by atoms with Crippen LogP contribution in [0.3, 0.4) is 0 Å². The molecule has 1 N–H and O–H groups in total. The smallest absolute Gasteiger partial charge is 0.135 e. The van der Waals surface area contributed by atoms with Crippen molar-refractivity contribution in [3.05, 3.63) is 71.8 Å². The predicted octanol–water partition coefficient (Wildman–Crippen LogP) is 3.01. The summed E-state index contributed by atoms with van der Waals surface area (Å²) >= 11 is 0. The minimum absolute atomic E-state index is 0.0142. The van der Waals surface area contributed by atoms with Crippen LogP contribution in [0.2, 0.25) is 0 Å². The van der Waals surface area contributed by atoms with Crippen molar-refractivity contribution in [3.8, 4) is 0 Å². The number of benzene rings is 2. The minimum Gasteiger partial charge on any atom is -0.390 e. The molecule has 0 heterocycles. The van der Waals surface area contributed by atoms with Gasteiger partial charge in [0.15, 0.2) is 0 Å². The van der Waals surface area contributed by atoms with E-state index in [1.165, 1.54) is 6.92 Å². The van der Waals surface area contributed by atoms with Gasteiger partial charge in [-0.2, -0.15) is 0 Å². The lowest BCUT2D eigenvalue weighted by Crippen LogP contribution is -2.32. The van der Waals surface area contributed by atoms with Gasteiger partial charge >= 0.3 is 0 Å². The minimum atomic E-state index is -0.790. The lowest BCUT2D eigenvalue weighted by atomic mass is 9.91. The summed E-state index contributed by atoms with van der Waals surface area (Å²) in [5, 5.41) is 10.3. The summed E-state index contributed by atoms with van der Waals surface area (Å²) in [6.45, 7) is 2.12. The molecule has 0 saturated carbocycles. The maximum atomic E-state index is 11.8. The highest BCUT2D eigenvalue weighted by Gasteiger charge is 2.24. The molecular weight excluding hydrogens is 276 g/mol. The second-order valence-corrected chi connectivity index (χ2v) is 5.47. The molecule has 2 rings (SSSR count). The van der Waals surface area contributed by atoms with Gasteiger partial charge in [-0.25, -0.2) is 0 Å². The zero-order valence-corrected chi connectivity index (χ0v) is 12.8. The molecule has 3 heteroatoms. The van der Waals surface area contributed by atoms with Crippen molar-refractivity contribution in [3.63, 3.8) is 0 Å². The highest BCUT2D eigenvalue weighted by molar-refractivity contribution is 5.79. The molecule has 0 fully saturated rings. The molecular formula is C19H22O3. The Morgan fingerprint density at radius 3 is 2.09 bits per heavy atom. The third-order valence-electron chi connectivity index (χ3n) is 3.69. The van der Waals surface area contributed by atoms with Gasteiger partial charge in [-0.1, -0.05) is 60.7 Å². The molecule has 0 aliphatic carbocycles. The second-order valence-electron chi connectivity index (χ2n) is 5.47. The van der Waals surface area contributed by atoms with Gasteiger partial charge < -0.3 is 9.84 Å². The highest BCUT2D eigenvalue weighted by atomic mass is 16.5. The third-order valence-corrected chi connectivity index (χ3v) is 3.69. The van der Waals surface area contributed by atoms with Crippen LogP contribution in [0, 0.1) is 5.92 Å². The van der Waals surface area contributed by atoms with Crippen LogP contribution in [0.1, 0.15) is 18.1 Å². The summed E-state index contributed by atoms with van der Waals surface area (Å²) in [7, 11) is 0. The van der Waals surface area contributed by atoms with E-state index in [2.05, 4.69) is 0 Å². The number of hydrogen-bond donors (Lipinski definition) is 1. The van der Waals surface area contributed by atoms with Gasteiger partial charge in [-0.15, -0.1) is 0 Å². The average Bonchev–Trinajstić information content (AvgIpc) is 2.54. The van der Waals surface area contributed by atoms with Crippen molar-refractivity contribution in [2.45, 2.75) is 26.1 Å². The van der Waals surface area contributed by atoms with E-state index < -0.39 is 12.0 Å². The molecule has 3 nitrogen and oxygen atoms in total. The van der Waals surface area contributed by atoms with Crippen molar-refractivity contribution in [1.29, 1.82) is 0 Å². The first-order chi connectivity index (χ1) is 10.7. The van der Waals surface area contributed by atoms with Crippen LogP contribution in [0.15, 0.2) is 60.7 Å². The van der Waals surface area contributed by atoms with E-state index in [0.717, 1.165) is 11.1 Å². The Morgan fingerprint density at radius 1 is 1.00 bits per heavy atom. The number of aliphatic hydroxyl groups is 1. The van der Waals surface area contributed by atoms with E-state index in [-0.39, 0.29) is 12.4 Å². The van der Waals surface area contributed by atoms with Gasteiger partial charge in [-0.3, -0.25) is 4.79 Å². The fraction of sp³-hybridized carbons (Fsp3) is 0.316. The van der Waals surface area contributed by atoms with E-state index in [9.17, 15) is 9.90 Å². The molecule has 22 heavy (non-hydrogen) atoms. The van der Waals surface area contributed by atoms with E-state index in [0.29, 0.717) is 13.0 Å². The average molecular weight is 298 g/mol. The van der Waals surface area contributed by atoms with Crippen LogP contribution < -0.4 is 0 Å². The van der Waals surface area contributed by atoms with E-state index in [1.54, 1.807) is 0 Å². The first-order valence-electron chi connectivity index (χ1n) is 7.51. The van der Waals surface area contributed by atoms with Gasteiger partial charge in [0, 0.05) is 5.92 Å². The van der Waals surface area contributed by atoms with Crippen molar-refractivity contribution < 1.29 is 14.6 Å². The summed E-state index contributed by atoms with van der Waals surface area (Å²) < 4.78 is 5.55. The number of ether oxygens (including phenoxy) is 1. The summed E-state index contributed by atoms with van der Waals surface area (Å²) in [5.74, 6) is -0.446. The van der Waals surface area contributed by atoms with E-state index >= 15 is 0 Å². The number of hydrogen-bond acceptors (Lipinski definition) is 3. The largest absolute Gasteiger partial charge is 0.390 e. The molecule has 0 amide bonds. The standard InChI is InChI=1S/C19H22O3/c1-15(20)18(12-16-8-4-2-5-9-16)19(21)14-22-13-17-10-6-3-7-11-17/h2-11,18-19,21H,12-14H2,1H3. The first kappa shape index (κ1) is 16.4. The summed E-state index contributed by atoms with van der Waals surface area (Å²) in [5.41, 5.74) is 2.10. The SMILES string of the molecule is CC(=O)C(Cc1ccccc1)C(O)COCc1ccccc1. The number of rotatable bonds is 8. The Bertz CT molecular complexity index is 566. The topological polar surface area (TPSA) is 46.5 Å². The Balaban J connectivity index is 1.87. The highest BCUT2D eigenvalue weighted by Crippen LogP contribution is 2.15. The predicted molar refractivity (Wildman–Crippen MR) is 86.4 cm³/mol. The number of carbonyl (C=O) groups is 1. The van der Waals surface area contributed by atoms with Crippen LogP contribution in [0.25, 0.3) is 0 Å². The molecule has 2 aromatic rings. The number of carbonyl (C=O) groups excluding carboxylic acids is 1. The maximum absolute atomic E-state index is 11.8. The van der Waals surface area contributed by atoms with Gasteiger partial charge in [0.1, 0.15) is 5.78 Å². The quantitative estimate of drug-likeness (QED) is 0.815. The molecule has 2 unspecified atom stereocenters. The zero-order valence-electron chi connectivity index (χ0n) is 12.8. The van der Waals surface area contributed by atoms with Crippen molar-refractivity contribution in [2.24, 2.45) is 5.92 Å². The molecule has 116 valence electrons. The Morgan fingerprint density at radius 2 is 1.55 bits per heavy atom. The Labute approximate surface area is 131 Å². The van der Waals surface area contributed by atoms with Crippen LogP contribution in [0.5, 0.6) is 0 Å². The third kappa shape index (κ3) is 5.10. The molecule has 0 spiro atoms. The van der Waals surface area contributed by atoms with Crippen LogP contribution in [-0.4, -0.2) is 23.6 Å². The maximum Gasteiger partial charge on any atom is 0.135 e. The molecule has 0 aliphatic heterocycles. The molecule has 0 aromatic heterocycles. The monoisotopic (exact) mass is 298 g/mol. The van der Waals surface area contributed by atoms with E-state index in [4.69, 9.17) is 4.74 Å². The molecule has 0 aliphatic rings. The van der Waals surface area contributed by atoms with Crippen LogP contribution in [0.4, 0.5) is 0 Å². The summed E-state index contributed by atoms with van der Waals surface area (Å²) in [6, 6.07) is 19.5. The summed E-state index contributed by atoms with van der Waals surface area (Å²) in [6.07, 6.45) is -0.257. The van der Waals surface area contributed by atoms with Crippen molar-refractivity contribution >= 4 is 5.78 Å². The fourth-order valence-electron chi connectivity index (χ4n) is 2.41. The van der Waals surface area contributed by atoms with Gasteiger partial charge in [-0.05, 0) is 24.5 Å². The number of aliphatic hydroxyl groups excluding tert-OH is 1. The summed E-state index contributed by atoms with van der Waals surface area (Å²) in [4.78, 5) is 11.8. The molecule has 0 saturated heterocycles. The fourth-order valence-corrected chi connectivity index (χ4v) is 2.41. The normalized spacial score (nSPS) is 13.5. The zero-order chi connectivity index (χ0) is 15.8. The van der Waals surface area contributed by atoms with E-state index in [1.807, 2.05) is 60.7 Å². The number of ketones is 1. The van der Waals surface area contributed by atoms with Crippen molar-refractivity contribution in [1.82, 2.24) is 0 Å². The number of Topliss-reactive ketones (excluding diaryl/α,β-unsaturated/α-hetero) is 1. The lowest BCUT2D eigenvalue weighted by molar-refractivity contribution is -0.126.